The molecule has 1 heterocycles. The van der Waals surface area contributed by atoms with Gasteiger partial charge in [-0.2, -0.15) is 0 Å². The lowest BCUT2D eigenvalue weighted by molar-refractivity contribution is 0.0778. The van der Waals surface area contributed by atoms with Crippen LogP contribution in [0.2, 0.25) is 0 Å². The first-order valence-corrected chi connectivity index (χ1v) is 5.90. The van der Waals surface area contributed by atoms with E-state index in [1.54, 1.807) is 26.4 Å². The number of rotatable bonds is 6. The first-order chi connectivity index (χ1) is 8.60. The summed E-state index contributed by atoms with van der Waals surface area (Å²) >= 11 is 6.02. The Morgan fingerprint density at radius 2 is 2.28 bits per heavy atom. The van der Waals surface area contributed by atoms with Gasteiger partial charge in [0.25, 0.3) is 5.91 Å². The molecule has 6 heteroatoms. The molecule has 0 saturated carbocycles. The van der Waals surface area contributed by atoms with Crippen molar-refractivity contribution in [2.45, 2.75) is 5.38 Å². The Morgan fingerprint density at radius 1 is 1.56 bits per heavy atom. The highest BCUT2D eigenvalue weighted by atomic mass is 35.5. The van der Waals surface area contributed by atoms with E-state index in [0.29, 0.717) is 24.5 Å². The minimum Gasteiger partial charge on any atom is -0.494 e. The van der Waals surface area contributed by atoms with Gasteiger partial charge in [0.1, 0.15) is 5.75 Å². The van der Waals surface area contributed by atoms with Crippen molar-refractivity contribution in [3.8, 4) is 5.75 Å². The fraction of sp³-hybridized carbons (Fsp3) is 0.500. The Hall–Kier alpha value is -1.33. The van der Waals surface area contributed by atoms with Crippen LogP contribution in [0, 0.1) is 0 Å². The number of alkyl halides is 1. The highest BCUT2D eigenvalue weighted by Gasteiger charge is 2.18. The molecule has 1 amide bonds. The molecule has 1 aromatic rings. The van der Waals surface area contributed by atoms with Crippen LogP contribution < -0.4 is 4.74 Å². The summed E-state index contributed by atoms with van der Waals surface area (Å²) < 4.78 is 10.0. The van der Waals surface area contributed by atoms with E-state index < -0.39 is 0 Å². The highest BCUT2D eigenvalue weighted by Crippen LogP contribution is 2.17. The Labute approximate surface area is 112 Å². The van der Waals surface area contributed by atoms with Crippen molar-refractivity contribution >= 4 is 17.5 Å². The Morgan fingerprint density at radius 3 is 2.89 bits per heavy atom. The van der Waals surface area contributed by atoms with Gasteiger partial charge < -0.3 is 14.4 Å². The van der Waals surface area contributed by atoms with Crippen LogP contribution in [0.25, 0.3) is 0 Å². The van der Waals surface area contributed by atoms with Crippen LogP contribution in [0.5, 0.6) is 5.75 Å². The molecule has 100 valence electrons. The van der Waals surface area contributed by atoms with Crippen molar-refractivity contribution < 1.29 is 14.3 Å². The third-order valence-corrected chi connectivity index (χ3v) is 2.67. The van der Waals surface area contributed by atoms with E-state index in [2.05, 4.69) is 4.98 Å². The molecule has 18 heavy (non-hydrogen) atoms. The molecular formula is C12H17ClN2O3. The molecule has 5 nitrogen and oxygen atoms in total. The molecule has 0 aliphatic heterocycles. The number of amides is 1. The van der Waals surface area contributed by atoms with Crippen LogP contribution in [0.1, 0.15) is 10.4 Å². The fourth-order valence-electron chi connectivity index (χ4n) is 1.54. The first kappa shape index (κ1) is 14.7. The van der Waals surface area contributed by atoms with Crippen molar-refractivity contribution in [1.29, 1.82) is 0 Å². The third-order valence-electron chi connectivity index (χ3n) is 2.40. The molecule has 1 rings (SSSR count). The first-order valence-electron chi connectivity index (χ1n) is 5.46. The lowest BCUT2D eigenvalue weighted by Gasteiger charge is -2.20. The van der Waals surface area contributed by atoms with Crippen molar-refractivity contribution in [2.24, 2.45) is 0 Å². The Balaban J connectivity index is 2.74. The number of carbonyl (C=O) groups excluding carboxylic acids is 1. The standard InChI is InChI=1S/C12H17ClN2O3/c1-15(7-9(13)8-17-2)12(16)10-4-5-14-6-11(10)18-3/h4-6,9H,7-8H2,1-3H3. The van der Waals surface area contributed by atoms with E-state index in [1.807, 2.05) is 0 Å². The summed E-state index contributed by atoms with van der Waals surface area (Å²) in [5, 5.41) is -0.239. The number of hydrogen-bond donors (Lipinski definition) is 0. The molecule has 0 bridgehead atoms. The van der Waals surface area contributed by atoms with Gasteiger partial charge in [0.2, 0.25) is 0 Å². The quantitative estimate of drug-likeness (QED) is 0.735. The molecule has 1 atom stereocenters. The average Bonchev–Trinajstić information content (AvgIpc) is 2.38. The molecule has 1 aromatic heterocycles. The lowest BCUT2D eigenvalue weighted by atomic mass is 10.2. The zero-order valence-corrected chi connectivity index (χ0v) is 11.5. The van der Waals surface area contributed by atoms with Crippen LogP contribution in [0.15, 0.2) is 18.5 Å². The summed E-state index contributed by atoms with van der Waals surface area (Å²) in [4.78, 5) is 17.6. The van der Waals surface area contributed by atoms with E-state index in [4.69, 9.17) is 21.1 Å². The molecule has 0 fully saturated rings. The van der Waals surface area contributed by atoms with Crippen LogP contribution >= 0.6 is 11.6 Å². The number of pyridine rings is 1. The summed E-state index contributed by atoms with van der Waals surface area (Å²) in [6, 6.07) is 1.62. The number of aromatic nitrogens is 1. The van der Waals surface area contributed by atoms with Gasteiger partial charge in [-0.15, -0.1) is 11.6 Å². The highest BCUT2D eigenvalue weighted by molar-refractivity contribution is 6.21. The number of hydrogen-bond acceptors (Lipinski definition) is 4. The van der Waals surface area contributed by atoms with E-state index in [0.717, 1.165) is 0 Å². The smallest absolute Gasteiger partial charge is 0.257 e. The Kier molecular flexibility index (Phi) is 5.88. The summed E-state index contributed by atoms with van der Waals surface area (Å²) in [7, 11) is 4.76. The van der Waals surface area contributed by atoms with Gasteiger partial charge in [0.15, 0.2) is 0 Å². The predicted molar refractivity (Wildman–Crippen MR) is 69.3 cm³/mol. The average molecular weight is 273 g/mol. The monoisotopic (exact) mass is 272 g/mol. The number of ether oxygens (including phenoxy) is 2. The molecule has 0 aromatic carbocycles. The van der Waals surface area contributed by atoms with Crippen LogP contribution in [-0.2, 0) is 4.74 Å². The molecule has 0 spiro atoms. The molecule has 0 radical (unpaired) electrons. The van der Waals surface area contributed by atoms with Crippen LogP contribution in [-0.4, -0.2) is 55.6 Å². The van der Waals surface area contributed by atoms with Gasteiger partial charge in [-0.25, -0.2) is 0 Å². The van der Waals surface area contributed by atoms with Crippen molar-refractivity contribution in [1.82, 2.24) is 9.88 Å². The molecule has 0 aliphatic rings. The summed E-state index contributed by atoms with van der Waals surface area (Å²) in [6.45, 7) is 0.798. The Bertz CT molecular complexity index is 401. The lowest BCUT2D eigenvalue weighted by Crippen LogP contribution is -2.34. The van der Waals surface area contributed by atoms with Crippen LogP contribution in [0.4, 0.5) is 0 Å². The van der Waals surface area contributed by atoms with E-state index in [1.165, 1.54) is 18.2 Å². The second-order valence-electron chi connectivity index (χ2n) is 3.81. The number of nitrogens with zero attached hydrogens (tertiary/aromatic N) is 2. The summed E-state index contributed by atoms with van der Waals surface area (Å²) in [5.74, 6) is 0.295. The van der Waals surface area contributed by atoms with Crippen molar-refractivity contribution in [3.05, 3.63) is 24.0 Å². The van der Waals surface area contributed by atoms with Crippen molar-refractivity contribution in [3.63, 3.8) is 0 Å². The van der Waals surface area contributed by atoms with E-state index in [-0.39, 0.29) is 11.3 Å². The van der Waals surface area contributed by atoms with Gasteiger partial charge in [-0.3, -0.25) is 9.78 Å². The van der Waals surface area contributed by atoms with Gasteiger partial charge >= 0.3 is 0 Å². The summed E-state index contributed by atoms with van der Waals surface area (Å²) in [5.41, 5.74) is 0.469. The second kappa shape index (κ2) is 7.18. The molecular weight excluding hydrogens is 256 g/mol. The number of halogens is 1. The van der Waals surface area contributed by atoms with Gasteiger partial charge in [-0.1, -0.05) is 0 Å². The van der Waals surface area contributed by atoms with Gasteiger partial charge in [-0.05, 0) is 6.07 Å². The second-order valence-corrected chi connectivity index (χ2v) is 4.43. The topological polar surface area (TPSA) is 51.7 Å². The minimum absolute atomic E-state index is 0.156. The van der Waals surface area contributed by atoms with Crippen LogP contribution in [0.3, 0.4) is 0 Å². The fourth-order valence-corrected chi connectivity index (χ4v) is 1.87. The predicted octanol–water partition coefficient (Wildman–Crippen LogP) is 1.42. The maximum absolute atomic E-state index is 12.2. The number of carbonyl (C=O) groups is 1. The SMILES string of the molecule is COCC(Cl)CN(C)C(=O)c1ccncc1OC. The van der Waals surface area contributed by atoms with E-state index in [9.17, 15) is 4.79 Å². The zero-order chi connectivity index (χ0) is 13.5. The third kappa shape index (κ3) is 3.85. The molecule has 1 unspecified atom stereocenters. The minimum atomic E-state index is -0.239. The van der Waals surface area contributed by atoms with E-state index >= 15 is 0 Å². The van der Waals surface area contributed by atoms with Crippen molar-refractivity contribution in [2.75, 3.05) is 34.4 Å². The molecule has 0 N–H and O–H groups in total. The number of methoxy groups -OCH3 is 2. The van der Waals surface area contributed by atoms with Gasteiger partial charge in [0.05, 0.1) is 30.9 Å². The summed E-state index contributed by atoms with van der Waals surface area (Å²) in [6.07, 6.45) is 3.06. The maximum Gasteiger partial charge on any atom is 0.257 e. The molecule has 0 saturated heterocycles. The zero-order valence-electron chi connectivity index (χ0n) is 10.7. The maximum atomic E-state index is 12.2. The normalized spacial score (nSPS) is 12.0. The van der Waals surface area contributed by atoms with Gasteiger partial charge in [0, 0.05) is 26.9 Å². The largest absolute Gasteiger partial charge is 0.494 e. The molecule has 0 aliphatic carbocycles.